The van der Waals surface area contributed by atoms with Crippen LogP contribution in [0.1, 0.15) is 37.3 Å². The van der Waals surface area contributed by atoms with Gasteiger partial charge in [-0.25, -0.2) is 4.98 Å². The fourth-order valence-electron chi connectivity index (χ4n) is 4.01. The van der Waals surface area contributed by atoms with Gasteiger partial charge in [-0.05, 0) is 62.5 Å². The Morgan fingerprint density at radius 3 is 2.66 bits per heavy atom. The summed E-state index contributed by atoms with van der Waals surface area (Å²) < 4.78 is 3.38. The molecule has 1 fully saturated rings. The van der Waals surface area contributed by atoms with Crippen LogP contribution in [0.3, 0.4) is 0 Å². The number of nitrogens with zero attached hydrogens (tertiary/aromatic N) is 4. The quantitative estimate of drug-likeness (QED) is 0.479. The Morgan fingerprint density at radius 1 is 1.07 bits per heavy atom. The Balaban J connectivity index is 1.64. The second-order valence-corrected chi connectivity index (χ2v) is 8.79. The lowest BCUT2D eigenvalue weighted by atomic mass is 10.0. The molecule has 1 aliphatic rings. The Bertz CT molecular complexity index is 1130. The summed E-state index contributed by atoms with van der Waals surface area (Å²) in [5, 5.41) is 5.24. The zero-order chi connectivity index (χ0) is 20.0. The molecule has 5 nitrogen and oxygen atoms in total. The van der Waals surface area contributed by atoms with Crippen molar-refractivity contribution in [3.05, 3.63) is 78.4 Å². The number of nitrogens with one attached hydrogen (secondary N) is 1. The lowest BCUT2D eigenvalue weighted by molar-refractivity contribution is 0.262. The van der Waals surface area contributed by atoms with Gasteiger partial charge in [-0.3, -0.25) is 9.55 Å². The second-order valence-electron chi connectivity index (χ2n) is 7.39. The highest BCUT2D eigenvalue weighted by molar-refractivity contribution is 7.80. The third-order valence-electron chi connectivity index (χ3n) is 5.26. The number of thiazole rings is 1. The minimum absolute atomic E-state index is 0.0193. The first-order valence-corrected chi connectivity index (χ1v) is 10.9. The molecule has 0 radical (unpaired) electrons. The van der Waals surface area contributed by atoms with Crippen LogP contribution in [0.5, 0.6) is 0 Å². The van der Waals surface area contributed by atoms with Crippen LogP contribution in [0.2, 0.25) is 0 Å². The molecule has 0 bridgehead atoms. The summed E-state index contributed by atoms with van der Waals surface area (Å²) in [6.07, 6.45) is 3.92. The van der Waals surface area contributed by atoms with Crippen molar-refractivity contribution in [3.63, 3.8) is 0 Å². The number of hydrogen-bond acceptors (Lipinski definition) is 4. The highest BCUT2D eigenvalue weighted by atomic mass is 32.1. The van der Waals surface area contributed by atoms with Crippen molar-refractivity contribution in [1.82, 2.24) is 24.8 Å². The number of fused-ring (bicyclic) bond motifs is 1. The molecule has 0 aliphatic carbocycles. The molecule has 0 amide bonds. The molecular weight excluding hydrogens is 398 g/mol. The zero-order valence-electron chi connectivity index (χ0n) is 16.2. The lowest BCUT2D eigenvalue weighted by Crippen LogP contribution is -2.36. The van der Waals surface area contributed by atoms with Crippen molar-refractivity contribution in [1.29, 1.82) is 0 Å². The molecule has 7 heteroatoms. The number of thiocarbonyl (C=S) groups is 1. The Kier molecular flexibility index (Phi) is 4.56. The molecule has 0 saturated carbocycles. The first kappa shape index (κ1) is 18.3. The van der Waals surface area contributed by atoms with Crippen LogP contribution in [0.25, 0.3) is 15.3 Å². The molecule has 1 aliphatic heterocycles. The summed E-state index contributed by atoms with van der Waals surface area (Å²) >= 11 is 7.42. The molecule has 0 unspecified atom stereocenters. The van der Waals surface area contributed by atoms with E-state index in [1.54, 1.807) is 11.3 Å². The minimum Gasteiger partial charge on any atom is -0.352 e. The standard InChI is InChI=1S/C22H21N5S2/c1-14(2)27-20(19(25-21(27)28)16-9-5-6-12-23-16)17-10-7-13-26(17)22-24-15-8-3-4-11-18(15)29-22/h3-14,19-20H,1-2H3,(H,25,28)/t19-,20+/m0/s1. The van der Waals surface area contributed by atoms with E-state index in [1.807, 2.05) is 24.4 Å². The predicted octanol–water partition coefficient (Wildman–Crippen LogP) is 4.86. The molecule has 2 atom stereocenters. The van der Waals surface area contributed by atoms with Crippen molar-refractivity contribution in [2.24, 2.45) is 0 Å². The van der Waals surface area contributed by atoms with Crippen molar-refractivity contribution in [2.45, 2.75) is 32.0 Å². The van der Waals surface area contributed by atoms with Gasteiger partial charge >= 0.3 is 0 Å². The maximum absolute atomic E-state index is 5.72. The Labute approximate surface area is 179 Å². The number of para-hydroxylation sites is 1. The van der Waals surface area contributed by atoms with Gasteiger partial charge < -0.3 is 10.2 Å². The van der Waals surface area contributed by atoms with E-state index in [0.717, 1.165) is 27.1 Å². The molecule has 4 aromatic rings. The normalized spacial score (nSPS) is 19.3. The molecule has 5 rings (SSSR count). The molecule has 1 N–H and O–H groups in total. The molecule has 1 aromatic carbocycles. The predicted molar refractivity (Wildman–Crippen MR) is 121 cm³/mol. The van der Waals surface area contributed by atoms with Crippen LogP contribution < -0.4 is 5.32 Å². The lowest BCUT2D eigenvalue weighted by Gasteiger charge is -2.31. The van der Waals surface area contributed by atoms with Gasteiger partial charge in [0, 0.05) is 18.4 Å². The van der Waals surface area contributed by atoms with E-state index < -0.39 is 0 Å². The van der Waals surface area contributed by atoms with Gasteiger partial charge in [-0.2, -0.15) is 0 Å². The van der Waals surface area contributed by atoms with Crippen molar-refractivity contribution in [3.8, 4) is 5.13 Å². The topological polar surface area (TPSA) is 46.0 Å². The molecule has 29 heavy (non-hydrogen) atoms. The monoisotopic (exact) mass is 419 g/mol. The summed E-state index contributed by atoms with van der Waals surface area (Å²) in [5.41, 5.74) is 3.16. The van der Waals surface area contributed by atoms with E-state index >= 15 is 0 Å². The molecule has 146 valence electrons. The average Bonchev–Trinajstić information content (AvgIpc) is 3.44. The van der Waals surface area contributed by atoms with Gasteiger partial charge in [0.2, 0.25) is 0 Å². The number of benzene rings is 1. The molecule has 3 aromatic heterocycles. The Morgan fingerprint density at radius 2 is 1.90 bits per heavy atom. The third-order valence-corrected chi connectivity index (χ3v) is 6.63. The van der Waals surface area contributed by atoms with Gasteiger partial charge in [0.15, 0.2) is 10.2 Å². The summed E-state index contributed by atoms with van der Waals surface area (Å²) in [6, 6.07) is 18.8. The van der Waals surface area contributed by atoms with Crippen LogP contribution in [0.4, 0.5) is 0 Å². The van der Waals surface area contributed by atoms with Gasteiger partial charge in [-0.15, -0.1) is 0 Å². The molecular formula is C22H21N5S2. The van der Waals surface area contributed by atoms with E-state index in [1.165, 1.54) is 4.70 Å². The Hall–Kier alpha value is -2.77. The summed E-state index contributed by atoms with van der Waals surface area (Å²) in [5.74, 6) is 0. The van der Waals surface area contributed by atoms with Crippen molar-refractivity contribution in [2.75, 3.05) is 0 Å². The highest BCUT2D eigenvalue weighted by Gasteiger charge is 2.42. The second kappa shape index (κ2) is 7.24. The fraction of sp³-hybridized carbons (Fsp3) is 0.227. The molecule has 0 spiro atoms. The van der Waals surface area contributed by atoms with Crippen LogP contribution >= 0.6 is 23.6 Å². The highest BCUT2D eigenvalue weighted by Crippen LogP contribution is 2.41. The number of rotatable bonds is 4. The molecule has 1 saturated heterocycles. The van der Waals surface area contributed by atoms with Crippen molar-refractivity contribution >= 4 is 38.9 Å². The van der Waals surface area contributed by atoms with E-state index in [-0.39, 0.29) is 18.1 Å². The largest absolute Gasteiger partial charge is 0.352 e. The van der Waals surface area contributed by atoms with Gasteiger partial charge in [0.1, 0.15) is 0 Å². The first-order chi connectivity index (χ1) is 14.1. The fourth-order valence-corrected chi connectivity index (χ4v) is 5.43. The summed E-state index contributed by atoms with van der Waals surface area (Å²) in [6.45, 7) is 4.35. The zero-order valence-corrected chi connectivity index (χ0v) is 17.8. The maximum Gasteiger partial charge on any atom is 0.194 e. The minimum atomic E-state index is -0.0193. The average molecular weight is 420 g/mol. The van der Waals surface area contributed by atoms with Crippen molar-refractivity contribution < 1.29 is 0 Å². The summed E-state index contributed by atoms with van der Waals surface area (Å²) in [7, 11) is 0. The van der Waals surface area contributed by atoms with Crippen LogP contribution in [-0.2, 0) is 0 Å². The van der Waals surface area contributed by atoms with Crippen LogP contribution in [0.15, 0.2) is 67.0 Å². The maximum atomic E-state index is 5.72. The SMILES string of the molecule is CC(C)N1C(=S)N[C@@H](c2ccccn2)[C@H]1c1cccn1-c1nc2ccccc2s1. The number of hydrogen-bond donors (Lipinski definition) is 1. The van der Waals surface area contributed by atoms with Gasteiger partial charge in [0.25, 0.3) is 0 Å². The summed E-state index contributed by atoms with van der Waals surface area (Å²) in [4.78, 5) is 11.8. The van der Waals surface area contributed by atoms with E-state index in [2.05, 4.69) is 76.2 Å². The van der Waals surface area contributed by atoms with Gasteiger partial charge in [0.05, 0.1) is 33.7 Å². The van der Waals surface area contributed by atoms with Gasteiger partial charge in [-0.1, -0.05) is 29.5 Å². The number of pyridine rings is 1. The molecule has 4 heterocycles. The van der Waals surface area contributed by atoms with Crippen LogP contribution in [0, 0.1) is 0 Å². The van der Waals surface area contributed by atoms with E-state index in [0.29, 0.717) is 0 Å². The first-order valence-electron chi connectivity index (χ1n) is 9.66. The smallest absolute Gasteiger partial charge is 0.194 e. The van der Waals surface area contributed by atoms with Crippen LogP contribution in [-0.4, -0.2) is 30.6 Å². The third kappa shape index (κ3) is 3.10. The number of aromatic nitrogens is 3. The van der Waals surface area contributed by atoms with E-state index in [9.17, 15) is 0 Å². The van der Waals surface area contributed by atoms with E-state index in [4.69, 9.17) is 17.2 Å².